The number of nitrogens with zero attached hydrogens (tertiary/aromatic N) is 1. The van der Waals surface area contributed by atoms with E-state index in [0.29, 0.717) is 29.5 Å². The molecular formula is C17H23N3O3. The maximum absolute atomic E-state index is 12.2. The Hall–Kier alpha value is -2.08. The summed E-state index contributed by atoms with van der Waals surface area (Å²) in [6.45, 7) is 4.23. The number of carbonyl (C=O) groups is 1. The number of anilines is 1. The van der Waals surface area contributed by atoms with E-state index in [1.165, 1.54) is 4.57 Å². The Kier molecular flexibility index (Phi) is 4.52. The van der Waals surface area contributed by atoms with Crippen LogP contribution in [0.25, 0.3) is 11.1 Å². The van der Waals surface area contributed by atoms with Crippen LogP contribution in [0.1, 0.15) is 26.2 Å². The van der Waals surface area contributed by atoms with E-state index >= 15 is 0 Å². The quantitative estimate of drug-likeness (QED) is 0.905. The number of carbonyl (C=O) groups excluding carboxylic acids is 1. The van der Waals surface area contributed by atoms with E-state index < -0.39 is 5.76 Å². The zero-order valence-electron chi connectivity index (χ0n) is 13.6. The van der Waals surface area contributed by atoms with Gasteiger partial charge in [-0.25, -0.2) is 4.79 Å². The van der Waals surface area contributed by atoms with Gasteiger partial charge in [0.2, 0.25) is 5.91 Å². The molecule has 2 aromatic rings. The maximum Gasteiger partial charge on any atom is 0.419 e. The topological polar surface area (TPSA) is 76.3 Å². The van der Waals surface area contributed by atoms with E-state index in [-0.39, 0.29) is 5.91 Å². The Morgan fingerprint density at radius 2 is 2.17 bits per heavy atom. The van der Waals surface area contributed by atoms with Crippen LogP contribution in [-0.4, -0.2) is 23.6 Å². The molecule has 6 heteroatoms. The van der Waals surface area contributed by atoms with Crippen molar-refractivity contribution in [3.8, 4) is 0 Å². The fraction of sp³-hybridized carbons (Fsp3) is 0.529. The lowest BCUT2D eigenvalue weighted by Crippen LogP contribution is -2.32. The van der Waals surface area contributed by atoms with Crippen molar-refractivity contribution < 1.29 is 9.21 Å². The lowest BCUT2D eigenvalue weighted by atomic mass is 9.84. The van der Waals surface area contributed by atoms with Gasteiger partial charge in [-0.2, -0.15) is 0 Å². The van der Waals surface area contributed by atoms with E-state index in [9.17, 15) is 9.59 Å². The summed E-state index contributed by atoms with van der Waals surface area (Å²) in [6, 6.07) is 5.28. The zero-order valence-corrected chi connectivity index (χ0v) is 13.6. The third-order valence-corrected chi connectivity index (χ3v) is 4.77. The summed E-state index contributed by atoms with van der Waals surface area (Å²) < 4.78 is 6.59. The Bertz CT molecular complexity index is 756. The standard InChI is InChI=1S/C17H23N3O3/c1-11(12-5-7-18-8-6-12)9-16(21)19-13-3-4-14-15(10-13)23-17(22)20(14)2/h3-4,10-12,18H,5-9H2,1-2H3,(H,19,21). The minimum absolute atomic E-state index is 0.00802. The number of benzene rings is 1. The minimum atomic E-state index is -0.400. The van der Waals surface area contributed by atoms with Crippen LogP contribution >= 0.6 is 0 Å². The van der Waals surface area contributed by atoms with Gasteiger partial charge in [0.25, 0.3) is 0 Å². The predicted octanol–water partition coefficient (Wildman–Crippen LogP) is 2.10. The molecule has 3 rings (SSSR count). The molecule has 1 aliphatic heterocycles. The number of aromatic nitrogens is 1. The Balaban J connectivity index is 1.64. The molecule has 1 aliphatic rings. The zero-order chi connectivity index (χ0) is 16.4. The van der Waals surface area contributed by atoms with E-state index in [0.717, 1.165) is 31.4 Å². The molecule has 1 aromatic carbocycles. The molecule has 1 atom stereocenters. The summed E-state index contributed by atoms with van der Waals surface area (Å²) in [5.74, 6) is 0.587. The molecule has 1 amide bonds. The van der Waals surface area contributed by atoms with Crippen LogP contribution in [0.5, 0.6) is 0 Å². The molecule has 0 saturated carbocycles. The fourth-order valence-electron chi connectivity index (χ4n) is 3.30. The van der Waals surface area contributed by atoms with Gasteiger partial charge in [0.1, 0.15) is 0 Å². The van der Waals surface area contributed by atoms with E-state index in [1.54, 1.807) is 25.2 Å². The third-order valence-electron chi connectivity index (χ3n) is 4.77. The van der Waals surface area contributed by atoms with Crippen LogP contribution in [0.15, 0.2) is 27.4 Å². The summed E-state index contributed by atoms with van der Waals surface area (Å²) in [5, 5.41) is 6.25. The van der Waals surface area contributed by atoms with Crippen molar-refractivity contribution in [2.24, 2.45) is 18.9 Å². The molecule has 1 saturated heterocycles. The summed E-state index contributed by atoms with van der Waals surface area (Å²) >= 11 is 0. The first-order valence-electron chi connectivity index (χ1n) is 8.15. The Morgan fingerprint density at radius 3 is 2.91 bits per heavy atom. The number of oxazole rings is 1. The van der Waals surface area contributed by atoms with Crippen molar-refractivity contribution in [1.29, 1.82) is 0 Å². The Morgan fingerprint density at radius 1 is 1.43 bits per heavy atom. The first-order valence-corrected chi connectivity index (χ1v) is 8.15. The summed E-state index contributed by atoms with van der Waals surface area (Å²) in [7, 11) is 1.66. The highest BCUT2D eigenvalue weighted by molar-refractivity contribution is 5.92. The lowest BCUT2D eigenvalue weighted by molar-refractivity contribution is -0.117. The molecule has 0 bridgehead atoms. The highest BCUT2D eigenvalue weighted by atomic mass is 16.4. The first kappa shape index (κ1) is 15.8. The van der Waals surface area contributed by atoms with Crippen LogP contribution in [-0.2, 0) is 11.8 Å². The second-order valence-corrected chi connectivity index (χ2v) is 6.43. The monoisotopic (exact) mass is 317 g/mol. The van der Waals surface area contributed by atoms with Gasteiger partial charge in [-0.3, -0.25) is 9.36 Å². The normalized spacial score (nSPS) is 17.3. The highest BCUT2D eigenvalue weighted by Crippen LogP contribution is 2.25. The number of hydrogen-bond donors (Lipinski definition) is 2. The predicted molar refractivity (Wildman–Crippen MR) is 89.5 cm³/mol. The molecule has 1 aromatic heterocycles. The number of aryl methyl sites for hydroxylation is 1. The van der Waals surface area contributed by atoms with Gasteiger partial charge in [0.15, 0.2) is 5.58 Å². The number of rotatable bonds is 4. The second kappa shape index (κ2) is 6.58. The highest BCUT2D eigenvalue weighted by Gasteiger charge is 2.22. The molecule has 2 N–H and O–H groups in total. The SMILES string of the molecule is CC(CC(=O)Nc1ccc2c(c1)oc(=O)n2C)C1CCNCC1. The number of hydrogen-bond acceptors (Lipinski definition) is 4. The molecule has 6 nitrogen and oxygen atoms in total. The number of amides is 1. The van der Waals surface area contributed by atoms with Crippen molar-refractivity contribution in [2.45, 2.75) is 26.2 Å². The number of piperidine rings is 1. The molecule has 0 spiro atoms. The van der Waals surface area contributed by atoms with E-state index in [4.69, 9.17) is 4.42 Å². The smallest absolute Gasteiger partial charge is 0.408 e. The number of nitrogens with one attached hydrogen (secondary N) is 2. The van der Waals surface area contributed by atoms with Gasteiger partial charge in [0, 0.05) is 25.2 Å². The Labute approximate surface area is 134 Å². The fourth-order valence-corrected chi connectivity index (χ4v) is 3.30. The summed E-state index contributed by atoms with van der Waals surface area (Å²) in [4.78, 5) is 23.7. The molecule has 124 valence electrons. The van der Waals surface area contributed by atoms with E-state index in [1.807, 2.05) is 0 Å². The molecule has 2 heterocycles. The molecular weight excluding hydrogens is 294 g/mol. The van der Waals surface area contributed by atoms with Crippen LogP contribution in [0.2, 0.25) is 0 Å². The first-order chi connectivity index (χ1) is 11.0. The van der Waals surface area contributed by atoms with Crippen molar-refractivity contribution in [3.05, 3.63) is 28.7 Å². The van der Waals surface area contributed by atoms with Gasteiger partial charge in [-0.05, 0) is 49.9 Å². The largest absolute Gasteiger partial charge is 0.419 e. The molecule has 1 unspecified atom stereocenters. The van der Waals surface area contributed by atoms with Gasteiger partial charge >= 0.3 is 5.76 Å². The lowest BCUT2D eigenvalue weighted by Gasteiger charge is -2.27. The molecule has 0 aliphatic carbocycles. The van der Waals surface area contributed by atoms with Crippen molar-refractivity contribution >= 4 is 22.7 Å². The van der Waals surface area contributed by atoms with Crippen LogP contribution in [0.4, 0.5) is 5.69 Å². The van der Waals surface area contributed by atoms with E-state index in [2.05, 4.69) is 17.6 Å². The van der Waals surface area contributed by atoms with Crippen molar-refractivity contribution in [1.82, 2.24) is 9.88 Å². The average molecular weight is 317 g/mol. The third kappa shape index (κ3) is 3.47. The van der Waals surface area contributed by atoms with Crippen LogP contribution in [0.3, 0.4) is 0 Å². The van der Waals surface area contributed by atoms with Gasteiger partial charge in [0.05, 0.1) is 5.52 Å². The van der Waals surface area contributed by atoms with Crippen LogP contribution in [0, 0.1) is 11.8 Å². The molecule has 0 radical (unpaired) electrons. The maximum atomic E-state index is 12.2. The van der Waals surface area contributed by atoms with Crippen LogP contribution < -0.4 is 16.4 Å². The molecule has 23 heavy (non-hydrogen) atoms. The summed E-state index contributed by atoms with van der Waals surface area (Å²) in [6.07, 6.45) is 2.78. The minimum Gasteiger partial charge on any atom is -0.408 e. The van der Waals surface area contributed by atoms with Gasteiger partial charge < -0.3 is 15.1 Å². The second-order valence-electron chi connectivity index (χ2n) is 6.43. The van der Waals surface area contributed by atoms with Crippen molar-refractivity contribution in [3.63, 3.8) is 0 Å². The molecule has 1 fully saturated rings. The van der Waals surface area contributed by atoms with Crippen molar-refractivity contribution in [2.75, 3.05) is 18.4 Å². The van der Waals surface area contributed by atoms with Gasteiger partial charge in [-0.1, -0.05) is 6.92 Å². The summed E-state index contributed by atoms with van der Waals surface area (Å²) in [5.41, 5.74) is 1.87. The average Bonchev–Trinajstić information content (AvgIpc) is 2.82. The number of fused-ring (bicyclic) bond motifs is 1. The van der Waals surface area contributed by atoms with Gasteiger partial charge in [-0.15, -0.1) is 0 Å².